The third-order valence-electron chi connectivity index (χ3n) is 3.98. The number of ketones is 1. The topological polar surface area (TPSA) is 86.5 Å². The predicted octanol–water partition coefficient (Wildman–Crippen LogP) is 5.36. The van der Waals surface area contributed by atoms with Crippen molar-refractivity contribution in [2.24, 2.45) is 0 Å². The summed E-state index contributed by atoms with van der Waals surface area (Å²) in [5, 5.41) is 11.2. The number of ether oxygens (including phenoxy) is 1. The Morgan fingerprint density at radius 2 is 1.52 bits per heavy atom. The molecule has 0 aliphatic heterocycles. The van der Waals surface area contributed by atoms with Crippen LogP contribution in [0.25, 0.3) is 6.08 Å². The van der Waals surface area contributed by atoms with E-state index in [4.69, 9.17) is 16.3 Å². The highest BCUT2D eigenvalue weighted by molar-refractivity contribution is 6.32. The summed E-state index contributed by atoms with van der Waals surface area (Å²) in [7, 11) is 0. The molecule has 0 heterocycles. The van der Waals surface area contributed by atoms with E-state index in [9.17, 15) is 19.7 Å². The summed E-state index contributed by atoms with van der Waals surface area (Å²) in [6.07, 6.45) is 3.05. The van der Waals surface area contributed by atoms with E-state index in [1.54, 1.807) is 24.3 Å². The standard InChI is InChI=1S/C22H14ClNO5/c23-20-4-2-1-3-15(20)9-14-21(25)16-7-12-19(13-8-16)29-22(26)17-5-10-18(11-6-17)24(27)28/h1-14H. The van der Waals surface area contributed by atoms with Gasteiger partial charge in [-0.15, -0.1) is 0 Å². The van der Waals surface area contributed by atoms with Crippen molar-refractivity contribution < 1.29 is 19.2 Å². The number of allylic oxidation sites excluding steroid dienone is 1. The summed E-state index contributed by atoms with van der Waals surface area (Å²) in [6, 6.07) is 18.3. The maximum atomic E-state index is 12.3. The van der Waals surface area contributed by atoms with Crippen molar-refractivity contribution in [2.75, 3.05) is 0 Å². The molecule has 0 amide bonds. The molecule has 3 aromatic rings. The van der Waals surface area contributed by atoms with Crippen LogP contribution in [-0.2, 0) is 0 Å². The number of nitro benzene ring substituents is 1. The Morgan fingerprint density at radius 3 is 2.14 bits per heavy atom. The summed E-state index contributed by atoms with van der Waals surface area (Å²) in [4.78, 5) is 34.5. The summed E-state index contributed by atoms with van der Waals surface area (Å²) in [5.41, 5.74) is 1.22. The SMILES string of the molecule is O=C(C=Cc1ccccc1Cl)c1ccc(OC(=O)c2ccc([N+](=O)[O-])cc2)cc1. The van der Waals surface area contributed by atoms with Crippen LogP contribution in [0.3, 0.4) is 0 Å². The smallest absolute Gasteiger partial charge is 0.343 e. The van der Waals surface area contributed by atoms with Crippen LogP contribution in [0.5, 0.6) is 5.75 Å². The first-order chi connectivity index (χ1) is 13.9. The van der Waals surface area contributed by atoms with Crippen LogP contribution in [0.4, 0.5) is 5.69 Å². The molecule has 29 heavy (non-hydrogen) atoms. The number of benzene rings is 3. The van der Waals surface area contributed by atoms with E-state index in [1.807, 2.05) is 6.07 Å². The van der Waals surface area contributed by atoms with E-state index in [0.717, 1.165) is 5.56 Å². The number of carbonyl (C=O) groups excluding carboxylic acids is 2. The zero-order valence-electron chi connectivity index (χ0n) is 14.9. The van der Waals surface area contributed by atoms with Crippen LogP contribution in [0.15, 0.2) is 78.9 Å². The van der Waals surface area contributed by atoms with Gasteiger partial charge in [0.2, 0.25) is 0 Å². The first-order valence-corrected chi connectivity index (χ1v) is 8.85. The monoisotopic (exact) mass is 407 g/mol. The Balaban J connectivity index is 1.65. The first kappa shape index (κ1) is 20.0. The fourth-order valence-corrected chi connectivity index (χ4v) is 2.64. The molecular weight excluding hydrogens is 394 g/mol. The van der Waals surface area contributed by atoms with Gasteiger partial charge in [0.15, 0.2) is 5.78 Å². The number of nitrogens with zero attached hydrogens (tertiary/aromatic N) is 1. The van der Waals surface area contributed by atoms with Crippen molar-refractivity contribution >= 4 is 35.1 Å². The lowest BCUT2D eigenvalue weighted by molar-refractivity contribution is -0.384. The maximum Gasteiger partial charge on any atom is 0.343 e. The van der Waals surface area contributed by atoms with E-state index in [2.05, 4.69) is 0 Å². The van der Waals surface area contributed by atoms with E-state index >= 15 is 0 Å². The van der Waals surface area contributed by atoms with Gasteiger partial charge in [-0.3, -0.25) is 14.9 Å². The minimum atomic E-state index is -0.655. The number of esters is 1. The van der Waals surface area contributed by atoms with Crippen LogP contribution in [-0.4, -0.2) is 16.7 Å². The minimum Gasteiger partial charge on any atom is -0.423 e. The van der Waals surface area contributed by atoms with Gasteiger partial charge < -0.3 is 4.74 Å². The van der Waals surface area contributed by atoms with Crippen molar-refractivity contribution in [1.82, 2.24) is 0 Å². The van der Waals surface area contributed by atoms with Gasteiger partial charge in [0.05, 0.1) is 10.5 Å². The normalized spacial score (nSPS) is 10.7. The number of nitro groups is 1. The third-order valence-corrected chi connectivity index (χ3v) is 4.33. The quantitative estimate of drug-likeness (QED) is 0.137. The Hall–Kier alpha value is -3.77. The molecule has 0 aliphatic rings. The lowest BCUT2D eigenvalue weighted by Crippen LogP contribution is -2.08. The molecule has 0 fully saturated rings. The van der Waals surface area contributed by atoms with Gasteiger partial charge in [-0.2, -0.15) is 0 Å². The van der Waals surface area contributed by atoms with Crippen LogP contribution in [0.1, 0.15) is 26.3 Å². The Morgan fingerprint density at radius 1 is 0.897 bits per heavy atom. The molecule has 3 rings (SSSR count). The molecule has 6 nitrogen and oxygen atoms in total. The first-order valence-electron chi connectivity index (χ1n) is 8.48. The van der Waals surface area contributed by atoms with Crippen LogP contribution >= 0.6 is 11.6 Å². The summed E-state index contributed by atoms with van der Waals surface area (Å²) in [6.45, 7) is 0. The number of carbonyl (C=O) groups is 2. The van der Waals surface area contributed by atoms with Crippen molar-refractivity contribution in [3.8, 4) is 5.75 Å². The highest BCUT2D eigenvalue weighted by Gasteiger charge is 2.12. The second-order valence-corrected chi connectivity index (χ2v) is 6.34. The molecule has 7 heteroatoms. The molecule has 0 N–H and O–H groups in total. The molecule has 0 aromatic heterocycles. The minimum absolute atomic E-state index is 0.116. The fraction of sp³-hybridized carbons (Fsp3) is 0. The Bertz CT molecular complexity index is 1090. The second kappa shape index (κ2) is 8.95. The third kappa shape index (κ3) is 5.15. The van der Waals surface area contributed by atoms with Gasteiger partial charge in [-0.25, -0.2) is 4.79 Å². The second-order valence-electron chi connectivity index (χ2n) is 5.94. The average Bonchev–Trinajstić information content (AvgIpc) is 2.73. The van der Waals surface area contributed by atoms with E-state index in [-0.39, 0.29) is 22.8 Å². The van der Waals surface area contributed by atoms with E-state index in [0.29, 0.717) is 10.6 Å². The fourth-order valence-electron chi connectivity index (χ4n) is 2.44. The molecule has 0 aliphatic carbocycles. The molecule has 0 saturated heterocycles. The summed E-state index contributed by atoms with van der Waals surface area (Å²) < 4.78 is 5.22. The van der Waals surface area contributed by atoms with Crippen molar-refractivity contribution in [1.29, 1.82) is 0 Å². The summed E-state index contributed by atoms with van der Waals surface area (Å²) >= 11 is 6.05. The molecule has 0 atom stereocenters. The zero-order chi connectivity index (χ0) is 20.8. The number of halogens is 1. The highest BCUT2D eigenvalue weighted by Crippen LogP contribution is 2.19. The number of hydrogen-bond donors (Lipinski definition) is 0. The molecule has 0 bridgehead atoms. The lowest BCUT2D eigenvalue weighted by Gasteiger charge is -2.05. The highest BCUT2D eigenvalue weighted by atomic mass is 35.5. The van der Waals surface area contributed by atoms with Gasteiger partial charge in [-0.1, -0.05) is 29.8 Å². The van der Waals surface area contributed by atoms with Crippen molar-refractivity contribution in [3.63, 3.8) is 0 Å². The molecule has 3 aromatic carbocycles. The lowest BCUT2D eigenvalue weighted by atomic mass is 10.1. The van der Waals surface area contributed by atoms with Gasteiger partial charge >= 0.3 is 5.97 Å². The van der Waals surface area contributed by atoms with Gasteiger partial charge in [0.1, 0.15) is 5.75 Å². The van der Waals surface area contributed by atoms with Crippen molar-refractivity contribution in [3.05, 3.63) is 111 Å². The van der Waals surface area contributed by atoms with Gasteiger partial charge in [0, 0.05) is 22.7 Å². The van der Waals surface area contributed by atoms with E-state index < -0.39 is 10.9 Å². The molecule has 144 valence electrons. The average molecular weight is 408 g/mol. The molecule has 0 spiro atoms. The number of rotatable bonds is 6. The van der Waals surface area contributed by atoms with Gasteiger partial charge in [-0.05, 0) is 60.2 Å². The van der Waals surface area contributed by atoms with Crippen LogP contribution in [0, 0.1) is 10.1 Å². The maximum absolute atomic E-state index is 12.3. The van der Waals surface area contributed by atoms with Gasteiger partial charge in [0.25, 0.3) is 5.69 Å². The van der Waals surface area contributed by atoms with Crippen molar-refractivity contribution in [2.45, 2.75) is 0 Å². The van der Waals surface area contributed by atoms with E-state index in [1.165, 1.54) is 54.6 Å². The zero-order valence-corrected chi connectivity index (χ0v) is 15.7. The molecular formula is C22H14ClNO5. The molecule has 0 saturated carbocycles. The Labute approximate surface area is 171 Å². The predicted molar refractivity (Wildman–Crippen MR) is 109 cm³/mol. The number of non-ortho nitro benzene ring substituents is 1. The summed E-state index contributed by atoms with van der Waals surface area (Å²) in [5.74, 6) is -0.629. The van der Waals surface area contributed by atoms with Crippen LogP contribution in [0.2, 0.25) is 5.02 Å². The molecule has 0 radical (unpaired) electrons. The molecule has 0 unspecified atom stereocenters. The Kier molecular flexibility index (Phi) is 6.16. The van der Waals surface area contributed by atoms with Crippen LogP contribution < -0.4 is 4.74 Å². The largest absolute Gasteiger partial charge is 0.423 e. The number of hydrogen-bond acceptors (Lipinski definition) is 5.